The molecule has 1 N–H and O–H groups in total. The minimum Gasteiger partial charge on any atom is -0.307 e. The molecule has 1 saturated heterocycles. The Morgan fingerprint density at radius 2 is 1.75 bits per heavy atom. The van der Waals surface area contributed by atoms with Crippen molar-refractivity contribution in [3.05, 3.63) is 35.9 Å². The number of hydrogen-bond donors (Lipinski definition) is 1. The fraction of sp³-hybridized carbons (Fsp3) is 0.667. The first-order valence-corrected chi connectivity index (χ1v) is 7.93. The summed E-state index contributed by atoms with van der Waals surface area (Å²) in [5, 5.41) is 3.92. The van der Waals surface area contributed by atoms with Gasteiger partial charge in [-0.2, -0.15) is 0 Å². The summed E-state index contributed by atoms with van der Waals surface area (Å²) in [5.74, 6) is 0. The summed E-state index contributed by atoms with van der Waals surface area (Å²) in [6.45, 7) is 9.43. The van der Waals surface area contributed by atoms with E-state index in [2.05, 4.69) is 68.4 Å². The lowest BCUT2D eigenvalue weighted by atomic mass is 9.85. The average molecular weight is 274 g/mol. The molecule has 0 amide bonds. The first kappa shape index (κ1) is 15.5. The van der Waals surface area contributed by atoms with Crippen molar-refractivity contribution in [2.75, 3.05) is 20.1 Å². The summed E-state index contributed by atoms with van der Waals surface area (Å²) in [4.78, 5) is 2.43. The molecule has 112 valence electrons. The van der Waals surface area contributed by atoms with Gasteiger partial charge in [-0.15, -0.1) is 0 Å². The molecule has 2 heteroatoms. The van der Waals surface area contributed by atoms with Crippen molar-refractivity contribution in [1.29, 1.82) is 0 Å². The molecular weight excluding hydrogens is 244 g/mol. The molecule has 1 aromatic rings. The summed E-state index contributed by atoms with van der Waals surface area (Å²) in [6.07, 6.45) is 3.72. The molecule has 0 saturated carbocycles. The zero-order valence-corrected chi connectivity index (χ0v) is 13.5. The quantitative estimate of drug-likeness (QED) is 0.897. The van der Waals surface area contributed by atoms with Crippen LogP contribution in [0.5, 0.6) is 0 Å². The molecule has 1 atom stereocenters. The van der Waals surface area contributed by atoms with Crippen molar-refractivity contribution in [3.8, 4) is 0 Å². The highest BCUT2D eigenvalue weighted by molar-refractivity contribution is 5.19. The lowest BCUT2D eigenvalue weighted by molar-refractivity contribution is 0.209. The molecule has 0 aliphatic carbocycles. The van der Waals surface area contributed by atoms with Gasteiger partial charge in [0.15, 0.2) is 0 Å². The minimum atomic E-state index is 0.346. The van der Waals surface area contributed by atoms with E-state index in [9.17, 15) is 0 Å². The van der Waals surface area contributed by atoms with Crippen LogP contribution in [-0.2, 0) is 0 Å². The molecule has 20 heavy (non-hydrogen) atoms. The number of nitrogens with one attached hydrogen (secondary N) is 1. The van der Waals surface area contributed by atoms with Crippen molar-refractivity contribution < 1.29 is 0 Å². The maximum absolute atomic E-state index is 3.92. The number of nitrogens with zero attached hydrogens (tertiary/aromatic N) is 1. The van der Waals surface area contributed by atoms with Gasteiger partial charge in [0, 0.05) is 12.1 Å². The van der Waals surface area contributed by atoms with E-state index in [1.807, 2.05) is 0 Å². The van der Waals surface area contributed by atoms with Gasteiger partial charge in [0.2, 0.25) is 0 Å². The van der Waals surface area contributed by atoms with Crippen LogP contribution in [0.25, 0.3) is 0 Å². The predicted octanol–water partition coefficient (Wildman–Crippen LogP) is 3.85. The van der Waals surface area contributed by atoms with Crippen molar-refractivity contribution >= 4 is 0 Å². The SMILES string of the molecule is CN1CCC(NC(CC(C)(C)C)c2ccccc2)CC1. The molecule has 2 rings (SSSR count). The molecule has 0 spiro atoms. The van der Waals surface area contributed by atoms with Crippen LogP contribution in [0, 0.1) is 5.41 Å². The van der Waals surface area contributed by atoms with E-state index in [1.54, 1.807) is 0 Å². The number of benzene rings is 1. The van der Waals surface area contributed by atoms with Crippen molar-refractivity contribution in [2.45, 2.75) is 52.1 Å². The van der Waals surface area contributed by atoms with Crippen LogP contribution in [0.4, 0.5) is 0 Å². The summed E-state index contributed by atoms with van der Waals surface area (Å²) < 4.78 is 0. The first-order valence-electron chi connectivity index (χ1n) is 7.93. The highest BCUT2D eigenvalue weighted by atomic mass is 15.1. The molecule has 0 radical (unpaired) electrons. The summed E-state index contributed by atoms with van der Waals surface area (Å²) in [7, 11) is 2.22. The smallest absolute Gasteiger partial charge is 0.0327 e. The molecule has 1 aromatic carbocycles. The normalized spacial score (nSPS) is 20.0. The monoisotopic (exact) mass is 274 g/mol. The van der Waals surface area contributed by atoms with Gasteiger partial charge in [0.25, 0.3) is 0 Å². The Kier molecular flexibility index (Phi) is 5.22. The molecule has 2 nitrogen and oxygen atoms in total. The maximum Gasteiger partial charge on any atom is 0.0327 e. The predicted molar refractivity (Wildman–Crippen MR) is 86.9 cm³/mol. The highest BCUT2D eigenvalue weighted by Crippen LogP contribution is 2.30. The molecule has 1 fully saturated rings. The van der Waals surface area contributed by atoms with Crippen LogP contribution in [0.15, 0.2) is 30.3 Å². The minimum absolute atomic E-state index is 0.346. The lowest BCUT2D eigenvalue weighted by Gasteiger charge is -2.35. The first-order chi connectivity index (χ1) is 9.44. The Balaban J connectivity index is 2.03. The van der Waals surface area contributed by atoms with E-state index >= 15 is 0 Å². The van der Waals surface area contributed by atoms with Crippen molar-refractivity contribution in [3.63, 3.8) is 0 Å². The molecule has 0 bridgehead atoms. The van der Waals surface area contributed by atoms with Gasteiger partial charge in [-0.3, -0.25) is 0 Å². The number of likely N-dealkylation sites (tertiary alicyclic amines) is 1. The Bertz CT molecular complexity index is 386. The van der Waals surface area contributed by atoms with Crippen LogP contribution in [0.3, 0.4) is 0 Å². The molecule has 1 heterocycles. The van der Waals surface area contributed by atoms with Crippen LogP contribution in [-0.4, -0.2) is 31.1 Å². The Morgan fingerprint density at radius 3 is 2.30 bits per heavy atom. The van der Waals surface area contributed by atoms with Crippen molar-refractivity contribution in [2.24, 2.45) is 5.41 Å². The second-order valence-corrected chi connectivity index (χ2v) is 7.47. The maximum atomic E-state index is 3.92. The standard InChI is InChI=1S/C18H30N2/c1-18(2,3)14-17(15-8-6-5-7-9-15)19-16-10-12-20(4)13-11-16/h5-9,16-17,19H,10-14H2,1-4H3. The van der Waals surface area contributed by atoms with Gasteiger partial charge >= 0.3 is 0 Å². The largest absolute Gasteiger partial charge is 0.307 e. The third kappa shape index (κ3) is 4.92. The van der Waals surface area contributed by atoms with E-state index in [0.29, 0.717) is 17.5 Å². The third-order valence-electron chi connectivity index (χ3n) is 4.17. The van der Waals surface area contributed by atoms with Crippen LogP contribution in [0.2, 0.25) is 0 Å². The number of piperidine rings is 1. The van der Waals surface area contributed by atoms with Crippen LogP contribution in [0.1, 0.15) is 51.6 Å². The van der Waals surface area contributed by atoms with Gasteiger partial charge in [-0.05, 0) is 50.4 Å². The van der Waals surface area contributed by atoms with Crippen LogP contribution < -0.4 is 5.32 Å². The fourth-order valence-electron chi connectivity index (χ4n) is 3.03. The average Bonchev–Trinajstić information content (AvgIpc) is 2.40. The second-order valence-electron chi connectivity index (χ2n) is 7.47. The van der Waals surface area contributed by atoms with E-state index in [4.69, 9.17) is 0 Å². The summed E-state index contributed by atoms with van der Waals surface area (Å²) >= 11 is 0. The zero-order valence-electron chi connectivity index (χ0n) is 13.5. The van der Waals surface area contributed by atoms with Crippen LogP contribution >= 0.6 is 0 Å². The van der Waals surface area contributed by atoms with E-state index < -0.39 is 0 Å². The lowest BCUT2D eigenvalue weighted by Crippen LogP contribution is -2.43. The molecule has 1 aliphatic rings. The number of hydrogen-bond acceptors (Lipinski definition) is 2. The summed E-state index contributed by atoms with van der Waals surface area (Å²) in [6, 6.07) is 12.1. The number of rotatable bonds is 4. The fourth-order valence-corrected chi connectivity index (χ4v) is 3.03. The second kappa shape index (κ2) is 6.73. The molecule has 0 aromatic heterocycles. The van der Waals surface area contributed by atoms with Crippen molar-refractivity contribution in [1.82, 2.24) is 10.2 Å². The van der Waals surface area contributed by atoms with Gasteiger partial charge in [-0.25, -0.2) is 0 Å². The van der Waals surface area contributed by atoms with Gasteiger partial charge in [0.05, 0.1) is 0 Å². The molecule has 1 unspecified atom stereocenters. The Morgan fingerprint density at radius 1 is 1.15 bits per heavy atom. The van der Waals surface area contributed by atoms with E-state index in [-0.39, 0.29) is 0 Å². The molecule has 1 aliphatic heterocycles. The molecular formula is C18H30N2. The highest BCUT2D eigenvalue weighted by Gasteiger charge is 2.24. The Hall–Kier alpha value is -0.860. The Labute approximate surface area is 124 Å². The van der Waals surface area contributed by atoms with Gasteiger partial charge < -0.3 is 10.2 Å². The van der Waals surface area contributed by atoms with E-state index in [0.717, 1.165) is 0 Å². The third-order valence-corrected chi connectivity index (χ3v) is 4.17. The topological polar surface area (TPSA) is 15.3 Å². The van der Waals surface area contributed by atoms with E-state index in [1.165, 1.54) is 37.9 Å². The summed E-state index contributed by atoms with van der Waals surface area (Å²) in [5.41, 5.74) is 1.78. The van der Waals surface area contributed by atoms with Gasteiger partial charge in [0.1, 0.15) is 0 Å². The van der Waals surface area contributed by atoms with Gasteiger partial charge in [-0.1, -0.05) is 51.1 Å². The zero-order chi connectivity index (χ0) is 14.6.